The van der Waals surface area contributed by atoms with Crippen LogP contribution in [0.1, 0.15) is 34.9 Å². The first-order valence-corrected chi connectivity index (χ1v) is 7.60. The second-order valence-electron chi connectivity index (χ2n) is 5.67. The number of nitrogens with one attached hydrogen (secondary N) is 2. The van der Waals surface area contributed by atoms with Crippen molar-refractivity contribution in [2.24, 2.45) is 0 Å². The van der Waals surface area contributed by atoms with Crippen LogP contribution in [0.4, 0.5) is 0 Å². The minimum atomic E-state index is -0.245. The van der Waals surface area contributed by atoms with E-state index in [1.165, 1.54) is 9.08 Å². The topological polar surface area (TPSA) is 97.1 Å². The van der Waals surface area contributed by atoms with E-state index in [1.54, 1.807) is 24.4 Å². The van der Waals surface area contributed by atoms with Crippen molar-refractivity contribution in [1.82, 2.24) is 29.7 Å². The molecule has 0 aliphatic heterocycles. The molecule has 8 nitrogen and oxygen atoms in total. The molecule has 4 rings (SSSR count). The van der Waals surface area contributed by atoms with Crippen LogP contribution in [0.3, 0.4) is 0 Å². The summed E-state index contributed by atoms with van der Waals surface area (Å²) in [5.74, 6) is 0.283. The molecule has 0 atom stereocenters. The van der Waals surface area contributed by atoms with Crippen LogP contribution in [0.15, 0.2) is 35.3 Å². The molecular formula is C15H16N6O2. The zero-order valence-corrected chi connectivity index (χ0v) is 12.4. The van der Waals surface area contributed by atoms with E-state index in [1.807, 2.05) is 6.07 Å². The van der Waals surface area contributed by atoms with E-state index in [2.05, 4.69) is 20.6 Å². The van der Waals surface area contributed by atoms with E-state index in [4.69, 9.17) is 0 Å². The van der Waals surface area contributed by atoms with Gasteiger partial charge in [-0.05, 0) is 31.0 Å². The molecule has 1 amide bonds. The Morgan fingerprint density at radius 1 is 1.39 bits per heavy atom. The van der Waals surface area contributed by atoms with Crippen LogP contribution in [-0.4, -0.2) is 36.8 Å². The van der Waals surface area contributed by atoms with Crippen molar-refractivity contribution in [2.75, 3.05) is 6.54 Å². The molecule has 8 heteroatoms. The number of nitrogens with zero attached hydrogens (tertiary/aromatic N) is 4. The molecule has 3 aromatic heterocycles. The molecule has 1 fully saturated rings. The van der Waals surface area contributed by atoms with Crippen molar-refractivity contribution < 1.29 is 4.79 Å². The molecule has 3 aromatic rings. The number of carbonyl (C=O) groups is 1. The number of hydrogen-bond acceptors (Lipinski definition) is 4. The monoisotopic (exact) mass is 312 g/mol. The number of aromatic amines is 1. The molecule has 118 valence electrons. The Bertz CT molecular complexity index is 917. The molecule has 23 heavy (non-hydrogen) atoms. The van der Waals surface area contributed by atoms with Crippen LogP contribution in [0, 0.1) is 0 Å². The van der Waals surface area contributed by atoms with E-state index in [0.29, 0.717) is 30.3 Å². The van der Waals surface area contributed by atoms with Gasteiger partial charge in [0.25, 0.3) is 5.91 Å². The average Bonchev–Trinajstić information content (AvgIpc) is 3.21. The molecular weight excluding hydrogens is 296 g/mol. The minimum Gasteiger partial charge on any atom is -0.349 e. The van der Waals surface area contributed by atoms with Gasteiger partial charge in [-0.25, -0.2) is 9.48 Å². The Hall–Kier alpha value is -2.90. The summed E-state index contributed by atoms with van der Waals surface area (Å²) < 4.78 is 2.81. The predicted octanol–water partition coefficient (Wildman–Crippen LogP) is 0.526. The number of rotatable bonds is 5. The van der Waals surface area contributed by atoms with Gasteiger partial charge < -0.3 is 5.32 Å². The zero-order chi connectivity index (χ0) is 15.8. The lowest BCUT2D eigenvalue weighted by atomic mass is 10.2. The molecule has 3 heterocycles. The molecule has 1 saturated carbocycles. The Kier molecular flexibility index (Phi) is 3.22. The van der Waals surface area contributed by atoms with Crippen LogP contribution in [0.5, 0.6) is 0 Å². The van der Waals surface area contributed by atoms with E-state index in [-0.39, 0.29) is 11.6 Å². The lowest BCUT2D eigenvalue weighted by Crippen LogP contribution is -2.31. The number of carbonyl (C=O) groups excluding carboxylic acids is 1. The summed E-state index contributed by atoms with van der Waals surface area (Å²) in [4.78, 5) is 24.1. The summed E-state index contributed by atoms with van der Waals surface area (Å²) in [7, 11) is 0. The van der Waals surface area contributed by atoms with Crippen molar-refractivity contribution in [1.29, 1.82) is 0 Å². The Morgan fingerprint density at radius 3 is 3.04 bits per heavy atom. The summed E-state index contributed by atoms with van der Waals surface area (Å²) in [6.45, 7) is 0.625. The van der Waals surface area contributed by atoms with Gasteiger partial charge in [0, 0.05) is 24.4 Å². The van der Waals surface area contributed by atoms with Gasteiger partial charge in [0.2, 0.25) is 0 Å². The second kappa shape index (κ2) is 5.38. The van der Waals surface area contributed by atoms with Gasteiger partial charge in [-0.1, -0.05) is 6.07 Å². The van der Waals surface area contributed by atoms with Crippen LogP contribution < -0.4 is 11.0 Å². The van der Waals surface area contributed by atoms with Gasteiger partial charge in [-0.15, -0.1) is 5.10 Å². The maximum atomic E-state index is 12.1. The van der Waals surface area contributed by atoms with Crippen molar-refractivity contribution in [2.45, 2.75) is 25.3 Å². The second-order valence-corrected chi connectivity index (χ2v) is 5.67. The van der Waals surface area contributed by atoms with Gasteiger partial charge in [-0.2, -0.15) is 5.10 Å². The third-order valence-corrected chi connectivity index (χ3v) is 3.95. The number of aromatic nitrogens is 5. The standard InChI is InChI=1S/C15H16N6O2/c22-14(12-9-11(17-18-12)10-4-5-10)16-6-8-21-15(23)20-7-2-1-3-13(20)19-21/h1-3,7,9-10H,4-6,8H2,(H,16,22)(H,17,18). The first-order chi connectivity index (χ1) is 11.2. The molecule has 2 N–H and O–H groups in total. The molecule has 0 bridgehead atoms. The number of pyridine rings is 1. The number of hydrogen-bond donors (Lipinski definition) is 2. The van der Waals surface area contributed by atoms with Crippen molar-refractivity contribution in [3.05, 3.63) is 52.3 Å². The summed E-state index contributed by atoms with van der Waals surface area (Å²) in [5, 5.41) is 13.9. The van der Waals surface area contributed by atoms with Gasteiger partial charge in [-0.3, -0.25) is 14.3 Å². The van der Waals surface area contributed by atoms with Crippen LogP contribution in [-0.2, 0) is 6.54 Å². The number of amides is 1. The fourth-order valence-corrected chi connectivity index (χ4v) is 2.54. The van der Waals surface area contributed by atoms with Crippen LogP contribution in [0.25, 0.3) is 5.65 Å². The van der Waals surface area contributed by atoms with E-state index < -0.39 is 0 Å². The largest absolute Gasteiger partial charge is 0.350 e. The fourth-order valence-electron chi connectivity index (χ4n) is 2.54. The molecule has 1 aliphatic carbocycles. The predicted molar refractivity (Wildman–Crippen MR) is 82.3 cm³/mol. The SMILES string of the molecule is O=C(NCCn1nc2ccccn2c1=O)c1cc(C2CC2)[nH]n1. The highest BCUT2D eigenvalue weighted by Gasteiger charge is 2.26. The Morgan fingerprint density at radius 2 is 2.26 bits per heavy atom. The van der Waals surface area contributed by atoms with Gasteiger partial charge >= 0.3 is 5.69 Å². The quantitative estimate of drug-likeness (QED) is 0.718. The Labute approximate surface area is 131 Å². The van der Waals surface area contributed by atoms with E-state index in [9.17, 15) is 9.59 Å². The highest BCUT2D eigenvalue weighted by Crippen LogP contribution is 2.38. The van der Waals surface area contributed by atoms with Crippen LogP contribution in [0.2, 0.25) is 0 Å². The average molecular weight is 312 g/mol. The smallest absolute Gasteiger partial charge is 0.349 e. The van der Waals surface area contributed by atoms with Crippen molar-refractivity contribution in [3.63, 3.8) is 0 Å². The minimum absolute atomic E-state index is 0.217. The Balaban J connectivity index is 1.39. The summed E-state index contributed by atoms with van der Waals surface area (Å²) in [5.41, 5.74) is 1.77. The highest BCUT2D eigenvalue weighted by molar-refractivity contribution is 5.92. The molecule has 0 unspecified atom stereocenters. The first-order valence-electron chi connectivity index (χ1n) is 7.60. The normalized spacial score (nSPS) is 14.3. The van der Waals surface area contributed by atoms with Gasteiger partial charge in [0.1, 0.15) is 5.69 Å². The number of H-pyrrole nitrogens is 1. The van der Waals surface area contributed by atoms with E-state index in [0.717, 1.165) is 18.5 Å². The lowest BCUT2D eigenvalue weighted by Gasteiger charge is -2.02. The summed E-state index contributed by atoms with van der Waals surface area (Å²) in [6, 6.07) is 7.16. The molecule has 0 aromatic carbocycles. The summed E-state index contributed by atoms with van der Waals surface area (Å²) >= 11 is 0. The fraction of sp³-hybridized carbons (Fsp3) is 0.333. The third kappa shape index (κ3) is 2.63. The highest BCUT2D eigenvalue weighted by atomic mass is 16.2. The van der Waals surface area contributed by atoms with Crippen molar-refractivity contribution >= 4 is 11.6 Å². The maximum Gasteiger partial charge on any atom is 0.350 e. The molecule has 1 aliphatic rings. The van der Waals surface area contributed by atoms with Crippen molar-refractivity contribution in [3.8, 4) is 0 Å². The molecule has 0 saturated heterocycles. The molecule has 0 spiro atoms. The van der Waals surface area contributed by atoms with Gasteiger partial charge in [0.15, 0.2) is 5.65 Å². The molecule has 0 radical (unpaired) electrons. The third-order valence-electron chi connectivity index (χ3n) is 3.95. The van der Waals surface area contributed by atoms with Gasteiger partial charge in [0.05, 0.1) is 6.54 Å². The van der Waals surface area contributed by atoms with Crippen LogP contribution >= 0.6 is 0 Å². The zero-order valence-electron chi connectivity index (χ0n) is 12.4. The number of fused-ring (bicyclic) bond motifs is 1. The van der Waals surface area contributed by atoms with E-state index >= 15 is 0 Å². The maximum absolute atomic E-state index is 12.1. The summed E-state index contributed by atoms with van der Waals surface area (Å²) in [6.07, 6.45) is 3.98. The first kappa shape index (κ1) is 13.7. The lowest BCUT2D eigenvalue weighted by molar-refractivity contribution is 0.0947.